The van der Waals surface area contributed by atoms with Crippen LogP contribution in [0.1, 0.15) is 11.1 Å². The van der Waals surface area contributed by atoms with E-state index in [2.05, 4.69) is 16.0 Å². The predicted octanol–water partition coefficient (Wildman–Crippen LogP) is 1.45. The maximum absolute atomic E-state index is 5.39. The Bertz CT molecular complexity index is 395. The summed E-state index contributed by atoms with van der Waals surface area (Å²) in [6, 6.07) is 10.8. The highest BCUT2D eigenvalue weighted by atomic mass is 15.0. The van der Waals surface area contributed by atoms with E-state index >= 15 is 0 Å². The van der Waals surface area contributed by atoms with E-state index in [4.69, 9.17) is 5.73 Å². The third kappa shape index (κ3) is 2.07. The minimum atomic E-state index is 0.315. The Hall–Kier alpha value is -1.90. The number of aromatic nitrogens is 2. The van der Waals surface area contributed by atoms with Crippen molar-refractivity contribution in [2.45, 2.75) is 6.42 Å². The summed E-state index contributed by atoms with van der Waals surface area (Å²) in [7, 11) is 0. The van der Waals surface area contributed by atoms with Crippen LogP contribution in [0.25, 0.3) is 0 Å². The lowest BCUT2D eigenvalue weighted by Crippen LogP contribution is -1.96. The molecule has 3 nitrogen and oxygen atoms in total. The van der Waals surface area contributed by atoms with Gasteiger partial charge in [0.05, 0.1) is 0 Å². The van der Waals surface area contributed by atoms with Gasteiger partial charge in [0.25, 0.3) is 0 Å². The zero-order valence-corrected chi connectivity index (χ0v) is 7.64. The van der Waals surface area contributed by atoms with Gasteiger partial charge in [-0.3, -0.25) is 0 Å². The van der Waals surface area contributed by atoms with Crippen LogP contribution in [-0.2, 0) is 6.42 Å². The Morgan fingerprint density at radius 1 is 1.07 bits per heavy atom. The number of hydrogen-bond donors (Lipinski definition) is 1. The summed E-state index contributed by atoms with van der Waals surface area (Å²) in [6.45, 7) is 0. The number of nitrogens with zero attached hydrogens (tertiary/aromatic N) is 2. The summed E-state index contributed by atoms with van der Waals surface area (Å²) in [5, 5.41) is 0. The Morgan fingerprint density at radius 2 is 1.71 bits per heavy atom. The van der Waals surface area contributed by atoms with Crippen LogP contribution in [0.15, 0.2) is 36.7 Å². The Kier molecular flexibility index (Phi) is 2.40. The zero-order valence-electron chi connectivity index (χ0n) is 7.64. The van der Waals surface area contributed by atoms with Crippen molar-refractivity contribution in [2.75, 3.05) is 5.73 Å². The van der Waals surface area contributed by atoms with E-state index in [1.165, 1.54) is 5.56 Å². The quantitative estimate of drug-likeness (QED) is 0.768. The molecule has 1 radical (unpaired) electrons. The molecule has 1 aromatic heterocycles. The van der Waals surface area contributed by atoms with E-state index in [0.717, 1.165) is 12.0 Å². The number of benzene rings is 1. The van der Waals surface area contributed by atoms with Gasteiger partial charge in [0.2, 0.25) is 5.95 Å². The van der Waals surface area contributed by atoms with Crippen LogP contribution in [0.5, 0.6) is 0 Å². The lowest BCUT2D eigenvalue weighted by molar-refractivity contribution is 1.08. The molecule has 1 heterocycles. The first-order valence-corrected chi connectivity index (χ1v) is 4.36. The van der Waals surface area contributed by atoms with Gasteiger partial charge in [-0.15, -0.1) is 0 Å². The normalized spacial score (nSPS) is 10.0. The summed E-state index contributed by atoms with van der Waals surface area (Å²) in [4.78, 5) is 7.87. The van der Waals surface area contributed by atoms with E-state index in [9.17, 15) is 0 Å². The summed E-state index contributed by atoms with van der Waals surface area (Å²) >= 11 is 0. The number of nitrogen functional groups attached to an aromatic ring is 1. The molecule has 0 amide bonds. The Balaban J connectivity index is 2.16. The Labute approximate surface area is 82.6 Å². The van der Waals surface area contributed by atoms with Crippen molar-refractivity contribution in [1.29, 1.82) is 0 Å². The first kappa shape index (κ1) is 8.69. The van der Waals surface area contributed by atoms with Gasteiger partial charge in [0.15, 0.2) is 0 Å². The van der Waals surface area contributed by atoms with Gasteiger partial charge in [0, 0.05) is 18.8 Å². The maximum Gasteiger partial charge on any atom is 0.219 e. The van der Waals surface area contributed by atoms with E-state index in [1.807, 2.05) is 24.3 Å². The average Bonchev–Trinajstić information content (AvgIpc) is 2.23. The van der Waals surface area contributed by atoms with Crippen LogP contribution >= 0.6 is 0 Å². The smallest absolute Gasteiger partial charge is 0.219 e. The summed E-state index contributed by atoms with van der Waals surface area (Å²) in [5.74, 6) is 0.315. The molecule has 0 fully saturated rings. The second-order valence-electron chi connectivity index (χ2n) is 3.03. The standard InChI is InChI=1S/C11H10N3/c12-11-13-7-10(8-14-11)6-9-4-2-1-3-5-9/h2-5,7-8H,6H2,(H2,12,13,14). The molecule has 0 saturated carbocycles. The molecule has 69 valence electrons. The van der Waals surface area contributed by atoms with Gasteiger partial charge in [-0.2, -0.15) is 0 Å². The molecule has 0 aliphatic rings. The molecule has 2 aromatic rings. The van der Waals surface area contributed by atoms with Crippen molar-refractivity contribution < 1.29 is 0 Å². The highest BCUT2D eigenvalue weighted by Crippen LogP contribution is 2.06. The Morgan fingerprint density at radius 3 is 2.36 bits per heavy atom. The van der Waals surface area contributed by atoms with Gasteiger partial charge in [-0.05, 0) is 17.2 Å². The molecular weight excluding hydrogens is 174 g/mol. The fourth-order valence-corrected chi connectivity index (χ4v) is 1.23. The largest absolute Gasteiger partial charge is 0.368 e. The van der Waals surface area contributed by atoms with Crippen molar-refractivity contribution in [2.24, 2.45) is 0 Å². The van der Waals surface area contributed by atoms with Crippen LogP contribution in [0, 0.1) is 6.07 Å². The van der Waals surface area contributed by atoms with E-state index < -0.39 is 0 Å². The van der Waals surface area contributed by atoms with Crippen molar-refractivity contribution in [1.82, 2.24) is 9.97 Å². The molecule has 2 N–H and O–H groups in total. The third-order valence-electron chi connectivity index (χ3n) is 1.92. The third-order valence-corrected chi connectivity index (χ3v) is 1.92. The van der Waals surface area contributed by atoms with Crippen molar-refractivity contribution in [3.63, 3.8) is 0 Å². The SMILES string of the molecule is Nc1ncc(Cc2cc[c]cc2)cn1. The van der Waals surface area contributed by atoms with E-state index in [0.29, 0.717) is 5.95 Å². The first-order valence-electron chi connectivity index (χ1n) is 4.36. The van der Waals surface area contributed by atoms with Gasteiger partial charge in [0.1, 0.15) is 0 Å². The van der Waals surface area contributed by atoms with E-state index in [1.54, 1.807) is 12.4 Å². The molecule has 0 aliphatic carbocycles. The fraction of sp³-hybridized carbons (Fsp3) is 0.0909. The molecule has 0 atom stereocenters. The monoisotopic (exact) mass is 184 g/mol. The first-order chi connectivity index (χ1) is 6.84. The highest BCUT2D eigenvalue weighted by molar-refractivity contribution is 5.24. The predicted molar refractivity (Wildman–Crippen MR) is 54.5 cm³/mol. The maximum atomic E-state index is 5.39. The van der Waals surface area contributed by atoms with Gasteiger partial charge < -0.3 is 5.73 Å². The lowest BCUT2D eigenvalue weighted by atomic mass is 10.1. The van der Waals surface area contributed by atoms with Crippen LogP contribution in [0.2, 0.25) is 0 Å². The fourth-order valence-electron chi connectivity index (χ4n) is 1.23. The molecule has 0 bridgehead atoms. The number of hydrogen-bond acceptors (Lipinski definition) is 3. The van der Waals surface area contributed by atoms with Gasteiger partial charge in [-0.25, -0.2) is 9.97 Å². The molecular formula is C11H10N3. The van der Waals surface area contributed by atoms with Crippen LogP contribution in [0.3, 0.4) is 0 Å². The number of nitrogens with two attached hydrogens (primary N) is 1. The van der Waals surface area contributed by atoms with Gasteiger partial charge in [-0.1, -0.05) is 24.3 Å². The lowest BCUT2D eigenvalue weighted by Gasteiger charge is -2.00. The average molecular weight is 184 g/mol. The molecule has 0 aliphatic heterocycles. The van der Waals surface area contributed by atoms with Gasteiger partial charge >= 0.3 is 0 Å². The van der Waals surface area contributed by atoms with E-state index in [-0.39, 0.29) is 0 Å². The van der Waals surface area contributed by atoms with Crippen molar-refractivity contribution >= 4 is 5.95 Å². The van der Waals surface area contributed by atoms with Crippen molar-refractivity contribution in [3.8, 4) is 0 Å². The second-order valence-corrected chi connectivity index (χ2v) is 3.03. The molecule has 2 rings (SSSR count). The summed E-state index contributed by atoms with van der Waals surface area (Å²) in [6.07, 6.45) is 4.33. The molecule has 0 unspecified atom stereocenters. The zero-order chi connectivity index (χ0) is 9.80. The van der Waals surface area contributed by atoms with Crippen LogP contribution in [0.4, 0.5) is 5.95 Å². The molecule has 0 spiro atoms. The number of rotatable bonds is 2. The molecule has 3 heteroatoms. The minimum absolute atomic E-state index is 0.315. The molecule has 1 aromatic carbocycles. The minimum Gasteiger partial charge on any atom is -0.368 e. The van der Waals surface area contributed by atoms with Crippen molar-refractivity contribution in [3.05, 3.63) is 53.9 Å². The summed E-state index contributed by atoms with van der Waals surface area (Å²) in [5.41, 5.74) is 7.67. The number of anilines is 1. The summed E-state index contributed by atoms with van der Waals surface area (Å²) < 4.78 is 0. The van der Waals surface area contributed by atoms with Crippen LogP contribution in [-0.4, -0.2) is 9.97 Å². The topological polar surface area (TPSA) is 51.8 Å². The molecule has 0 saturated heterocycles. The highest BCUT2D eigenvalue weighted by Gasteiger charge is 1.96. The second kappa shape index (κ2) is 3.87. The van der Waals surface area contributed by atoms with Crippen LogP contribution < -0.4 is 5.73 Å². The molecule has 14 heavy (non-hydrogen) atoms.